The molecule has 1 heterocycles. The molecule has 8 heteroatoms. The molecule has 4 aromatic rings. The van der Waals surface area contributed by atoms with E-state index in [0.717, 1.165) is 28.2 Å². The Morgan fingerprint density at radius 1 is 0.718 bits per heavy atom. The average molecular weight is 598 g/mol. The van der Waals surface area contributed by atoms with E-state index in [2.05, 4.69) is 10.2 Å². The summed E-state index contributed by atoms with van der Waals surface area (Å²) in [4.78, 5) is 15.8. The van der Waals surface area contributed by atoms with Crippen LogP contribution in [0.2, 0.25) is 20.1 Å². The summed E-state index contributed by atoms with van der Waals surface area (Å²) in [6.07, 6.45) is 0.488. The van der Waals surface area contributed by atoms with Gasteiger partial charge in [0.25, 0.3) is 0 Å². The third-order valence-corrected chi connectivity index (χ3v) is 7.73. The zero-order chi connectivity index (χ0) is 27.5. The summed E-state index contributed by atoms with van der Waals surface area (Å²) in [6, 6.07) is 29.6. The van der Waals surface area contributed by atoms with Crippen LogP contribution in [-0.4, -0.2) is 13.1 Å². The first-order chi connectivity index (χ1) is 18.8. The third kappa shape index (κ3) is 6.05. The topological polar surface area (TPSA) is 41.6 Å². The second kappa shape index (κ2) is 11.9. The molecule has 0 saturated carbocycles. The summed E-state index contributed by atoms with van der Waals surface area (Å²) < 4.78 is 5.36. The molecule has 0 saturated heterocycles. The molecule has 1 aliphatic heterocycles. The van der Waals surface area contributed by atoms with E-state index in [-0.39, 0.29) is 6.04 Å². The molecule has 5 rings (SSSR count). The molecule has 0 aliphatic carbocycles. The Balaban J connectivity index is 1.77. The number of halogens is 4. The second-order valence-corrected chi connectivity index (χ2v) is 10.9. The highest BCUT2D eigenvalue weighted by atomic mass is 35.5. The van der Waals surface area contributed by atoms with E-state index in [9.17, 15) is 4.79 Å². The highest BCUT2D eigenvalue weighted by Crippen LogP contribution is 2.48. The normalized spacial score (nSPS) is 17.2. The fraction of sp³-hybridized carbons (Fsp3) is 0.129. The van der Waals surface area contributed by atoms with Crippen molar-refractivity contribution in [2.75, 3.05) is 17.3 Å². The van der Waals surface area contributed by atoms with E-state index < -0.39 is 12.0 Å². The Morgan fingerprint density at radius 3 is 1.69 bits per heavy atom. The number of methoxy groups -OCH3 is 1. The molecule has 0 amide bonds. The van der Waals surface area contributed by atoms with Crippen molar-refractivity contribution < 1.29 is 9.53 Å². The van der Waals surface area contributed by atoms with Crippen molar-refractivity contribution in [1.29, 1.82) is 0 Å². The number of benzene rings is 4. The van der Waals surface area contributed by atoms with E-state index in [1.807, 2.05) is 84.9 Å². The van der Waals surface area contributed by atoms with Gasteiger partial charge >= 0.3 is 5.97 Å². The third-order valence-electron chi connectivity index (χ3n) is 6.72. The minimum Gasteiger partial charge on any atom is -0.466 e. The summed E-state index contributed by atoms with van der Waals surface area (Å²) >= 11 is 24.9. The molecular formula is C31H24Cl4N2O2. The number of hydrogen-bond donors (Lipinski definition) is 1. The van der Waals surface area contributed by atoms with Gasteiger partial charge in [-0.15, -0.1) is 0 Å². The van der Waals surface area contributed by atoms with Crippen LogP contribution in [-0.2, 0) is 9.53 Å². The molecule has 0 radical (unpaired) electrons. The Morgan fingerprint density at radius 2 is 1.18 bits per heavy atom. The van der Waals surface area contributed by atoms with Crippen LogP contribution in [0.1, 0.15) is 29.6 Å². The number of esters is 1. The Kier molecular flexibility index (Phi) is 8.39. The molecule has 198 valence electrons. The van der Waals surface area contributed by atoms with Crippen molar-refractivity contribution in [3.05, 3.63) is 140 Å². The molecule has 1 aliphatic rings. The van der Waals surface area contributed by atoms with Crippen molar-refractivity contribution >= 4 is 63.7 Å². The highest BCUT2D eigenvalue weighted by Gasteiger charge is 2.41. The molecule has 0 fully saturated rings. The van der Waals surface area contributed by atoms with Gasteiger partial charge in [-0.2, -0.15) is 0 Å². The van der Waals surface area contributed by atoms with Crippen molar-refractivity contribution in [1.82, 2.24) is 0 Å². The number of nitrogens with zero attached hydrogens (tertiary/aromatic N) is 1. The Labute approximate surface area is 247 Å². The maximum Gasteiger partial charge on any atom is 0.337 e. The molecule has 39 heavy (non-hydrogen) atoms. The average Bonchev–Trinajstić information content (AvgIpc) is 2.95. The first-order valence-electron chi connectivity index (χ1n) is 12.2. The molecule has 4 aromatic carbocycles. The molecular weight excluding hydrogens is 574 g/mol. The smallest absolute Gasteiger partial charge is 0.337 e. The van der Waals surface area contributed by atoms with Crippen LogP contribution in [0.3, 0.4) is 0 Å². The summed E-state index contributed by atoms with van der Waals surface area (Å²) in [7, 11) is 1.39. The minimum atomic E-state index is -0.514. The van der Waals surface area contributed by atoms with Crippen LogP contribution in [0, 0.1) is 0 Å². The van der Waals surface area contributed by atoms with Gasteiger partial charge in [-0.05, 0) is 83.9 Å². The zero-order valence-electron chi connectivity index (χ0n) is 20.9. The summed E-state index contributed by atoms with van der Waals surface area (Å²) in [6.45, 7) is 0. The second-order valence-electron chi connectivity index (χ2n) is 9.12. The lowest BCUT2D eigenvalue weighted by Gasteiger charge is -2.46. The van der Waals surface area contributed by atoms with Crippen LogP contribution in [0.5, 0.6) is 0 Å². The standard InChI is InChI=1S/C31H24Cl4N2O2/c1-39-31(38)29-27(36-25-14-10-23(34)11-15-25)18-28(19-2-6-21(32)7-3-19)37(26-16-12-24(35)13-17-26)30(29)20-4-8-22(33)9-5-20/h2-17,28,30,36H,18H2,1H3/t28-,30+/m1/s1. The van der Waals surface area contributed by atoms with E-state index in [4.69, 9.17) is 51.1 Å². The summed E-state index contributed by atoms with van der Waals surface area (Å²) in [5.74, 6) is -0.431. The first-order valence-corrected chi connectivity index (χ1v) is 13.7. The predicted octanol–water partition coefficient (Wildman–Crippen LogP) is 9.53. The number of ether oxygens (including phenoxy) is 1. The Hall–Kier alpha value is -3.15. The quantitative estimate of drug-likeness (QED) is 0.225. The Bertz CT molecular complexity index is 1490. The summed E-state index contributed by atoms with van der Waals surface area (Å²) in [5, 5.41) is 5.99. The lowest BCUT2D eigenvalue weighted by Crippen LogP contribution is -2.41. The number of rotatable bonds is 6. The molecule has 0 spiro atoms. The SMILES string of the molecule is COC(=O)C1=C(Nc2ccc(Cl)cc2)C[C@H](c2ccc(Cl)cc2)N(c2ccc(Cl)cc2)[C@H]1c1ccc(Cl)cc1. The van der Waals surface area contributed by atoms with Gasteiger partial charge in [0.2, 0.25) is 0 Å². The van der Waals surface area contributed by atoms with Crippen LogP contribution in [0.15, 0.2) is 108 Å². The van der Waals surface area contributed by atoms with E-state index in [1.165, 1.54) is 7.11 Å². The van der Waals surface area contributed by atoms with Gasteiger partial charge in [-0.25, -0.2) is 4.79 Å². The van der Waals surface area contributed by atoms with Gasteiger partial charge in [-0.3, -0.25) is 0 Å². The van der Waals surface area contributed by atoms with Crippen LogP contribution >= 0.6 is 46.4 Å². The highest BCUT2D eigenvalue weighted by molar-refractivity contribution is 6.31. The minimum absolute atomic E-state index is 0.174. The van der Waals surface area contributed by atoms with Crippen molar-refractivity contribution in [2.24, 2.45) is 0 Å². The monoisotopic (exact) mass is 596 g/mol. The lowest BCUT2D eigenvalue weighted by atomic mass is 9.84. The van der Waals surface area contributed by atoms with Gasteiger partial charge in [-0.1, -0.05) is 70.7 Å². The van der Waals surface area contributed by atoms with Gasteiger partial charge in [0, 0.05) is 43.6 Å². The fourth-order valence-electron chi connectivity index (χ4n) is 4.93. The maximum atomic E-state index is 13.6. The number of anilines is 2. The molecule has 0 aromatic heterocycles. The fourth-order valence-corrected chi connectivity index (χ4v) is 5.44. The van der Waals surface area contributed by atoms with Crippen LogP contribution in [0.4, 0.5) is 11.4 Å². The van der Waals surface area contributed by atoms with E-state index in [1.54, 1.807) is 12.1 Å². The van der Waals surface area contributed by atoms with E-state index >= 15 is 0 Å². The van der Waals surface area contributed by atoms with Crippen LogP contribution < -0.4 is 10.2 Å². The maximum absolute atomic E-state index is 13.6. The molecule has 4 nitrogen and oxygen atoms in total. The van der Waals surface area contributed by atoms with Crippen molar-refractivity contribution in [3.63, 3.8) is 0 Å². The predicted molar refractivity (Wildman–Crippen MR) is 161 cm³/mol. The van der Waals surface area contributed by atoms with Crippen molar-refractivity contribution in [3.8, 4) is 0 Å². The molecule has 1 N–H and O–H groups in total. The summed E-state index contributed by atoms with van der Waals surface area (Å²) in [5.41, 5.74) is 4.85. The number of hydrogen-bond acceptors (Lipinski definition) is 4. The first kappa shape index (κ1) is 27.4. The number of nitrogens with one attached hydrogen (secondary N) is 1. The van der Waals surface area contributed by atoms with Gasteiger partial charge in [0.05, 0.1) is 24.8 Å². The van der Waals surface area contributed by atoms with Gasteiger partial charge in [0.1, 0.15) is 0 Å². The largest absolute Gasteiger partial charge is 0.466 e. The number of carbonyl (C=O) groups is 1. The van der Waals surface area contributed by atoms with E-state index in [0.29, 0.717) is 32.1 Å². The van der Waals surface area contributed by atoms with Crippen molar-refractivity contribution in [2.45, 2.75) is 18.5 Å². The lowest BCUT2D eigenvalue weighted by molar-refractivity contribution is -0.136. The zero-order valence-corrected chi connectivity index (χ0v) is 23.9. The molecule has 2 atom stereocenters. The van der Waals surface area contributed by atoms with Crippen LogP contribution in [0.25, 0.3) is 0 Å². The van der Waals surface area contributed by atoms with Gasteiger partial charge < -0.3 is 15.0 Å². The van der Waals surface area contributed by atoms with Gasteiger partial charge in [0.15, 0.2) is 0 Å². The molecule has 0 unspecified atom stereocenters. The number of carbonyl (C=O) groups excluding carboxylic acids is 1. The molecule has 0 bridgehead atoms.